The van der Waals surface area contributed by atoms with Crippen molar-refractivity contribution in [3.63, 3.8) is 0 Å². The zero-order chi connectivity index (χ0) is 23.4. The van der Waals surface area contributed by atoms with Crippen LogP contribution in [0.4, 0.5) is 14.6 Å². The van der Waals surface area contributed by atoms with Crippen LogP contribution in [0.3, 0.4) is 0 Å². The number of nitrogens with one attached hydrogen (secondary N) is 1. The average molecular weight is 453 g/mol. The Morgan fingerprint density at radius 3 is 2.70 bits per heavy atom. The standard InChI is InChI=1S/C24H26F2N6O/c1-15(2)33-13-7-12-27-22-20(26)16(3)29-23(30-22)21-18-9-6-11-28-24(18)32(31-21)14-17-8-4-5-10-19(17)25/h4-6,8-11,15H,7,12-14H2,1-3H3,(H,27,29,30). The van der Waals surface area contributed by atoms with Crippen LogP contribution in [0.5, 0.6) is 0 Å². The lowest BCUT2D eigenvalue weighted by atomic mass is 10.2. The number of halogens is 2. The molecule has 0 atom stereocenters. The number of pyridine rings is 1. The van der Waals surface area contributed by atoms with E-state index in [0.29, 0.717) is 41.9 Å². The van der Waals surface area contributed by atoms with E-state index in [4.69, 9.17) is 4.74 Å². The van der Waals surface area contributed by atoms with Crippen molar-refractivity contribution in [2.75, 3.05) is 18.5 Å². The molecule has 0 saturated carbocycles. The molecule has 1 aromatic carbocycles. The second-order valence-corrected chi connectivity index (χ2v) is 7.97. The Bertz CT molecular complexity index is 1260. The molecule has 9 heteroatoms. The quantitative estimate of drug-likeness (QED) is 0.369. The van der Waals surface area contributed by atoms with Gasteiger partial charge in [0.15, 0.2) is 23.1 Å². The van der Waals surface area contributed by atoms with E-state index in [2.05, 4.69) is 25.4 Å². The molecule has 0 aliphatic rings. The lowest BCUT2D eigenvalue weighted by molar-refractivity contribution is 0.0787. The summed E-state index contributed by atoms with van der Waals surface area (Å²) < 4.78 is 36.0. The smallest absolute Gasteiger partial charge is 0.186 e. The van der Waals surface area contributed by atoms with E-state index in [1.807, 2.05) is 19.9 Å². The highest BCUT2D eigenvalue weighted by Crippen LogP contribution is 2.27. The SMILES string of the molecule is Cc1nc(-c2nn(Cc3ccccc3F)c3ncccc23)nc(NCCCOC(C)C)c1F. The highest BCUT2D eigenvalue weighted by molar-refractivity contribution is 5.89. The second kappa shape index (κ2) is 9.99. The lowest BCUT2D eigenvalue weighted by Crippen LogP contribution is -2.12. The molecule has 0 saturated heterocycles. The normalized spacial score (nSPS) is 11.5. The zero-order valence-corrected chi connectivity index (χ0v) is 18.8. The molecule has 4 aromatic rings. The number of aromatic nitrogens is 5. The molecular formula is C24H26F2N6O. The van der Waals surface area contributed by atoms with Crippen LogP contribution in [-0.4, -0.2) is 44.0 Å². The number of aryl methyl sites for hydroxylation is 1. The van der Waals surface area contributed by atoms with Crippen LogP contribution in [0.25, 0.3) is 22.6 Å². The Morgan fingerprint density at radius 1 is 1.09 bits per heavy atom. The van der Waals surface area contributed by atoms with Gasteiger partial charge in [-0.15, -0.1) is 0 Å². The number of fused-ring (bicyclic) bond motifs is 1. The summed E-state index contributed by atoms with van der Waals surface area (Å²) in [6.07, 6.45) is 2.50. The van der Waals surface area contributed by atoms with Gasteiger partial charge in [0.2, 0.25) is 0 Å². The van der Waals surface area contributed by atoms with Crippen molar-refractivity contribution >= 4 is 16.9 Å². The summed E-state index contributed by atoms with van der Waals surface area (Å²) in [4.78, 5) is 13.2. The first-order valence-corrected chi connectivity index (χ1v) is 10.9. The van der Waals surface area contributed by atoms with Crippen molar-refractivity contribution in [1.82, 2.24) is 24.7 Å². The maximum absolute atomic E-state index is 14.7. The van der Waals surface area contributed by atoms with Crippen LogP contribution in [0.15, 0.2) is 42.6 Å². The molecule has 3 aromatic heterocycles. The van der Waals surface area contributed by atoms with Gasteiger partial charge in [0.05, 0.1) is 23.7 Å². The molecule has 33 heavy (non-hydrogen) atoms. The minimum absolute atomic E-state index is 0.114. The third-order valence-electron chi connectivity index (χ3n) is 5.08. The van der Waals surface area contributed by atoms with Crippen LogP contribution in [0, 0.1) is 18.6 Å². The molecule has 0 amide bonds. The largest absolute Gasteiger partial charge is 0.379 e. The zero-order valence-electron chi connectivity index (χ0n) is 18.8. The highest BCUT2D eigenvalue weighted by Gasteiger charge is 2.19. The fourth-order valence-electron chi connectivity index (χ4n) is 3.45. The molecule has 0 bridgehead atoms. The Labute approximate surface area is 190 Å². The first-order valence-electron chi connectivity index (χ1n) is 10.9. The van der Waals surface area contributed by atoms with Gasteiger partial charge in [0, 0.05) is 24.9 Å². The van der Waals surface area contributed by atoms with Crippen molar-refractivity contribution in [2.45, 2.75) is 39.8 Å². The Kier molecular flexibility index (Phi) is 6.88. The summed E-state index contributed by atoms with van der Waals surface area (Å²) in [5, 5.41) is 8.37. The molecule has 0 aliphatic heterocycles. The lowest BCUT2D eigenvalue weighted by Gasteiger charge is -2.11. The molecule has 0 fully saturated rings. The van der Waals surface area contributed by atoms with Crippen molar-refractivity contribution in [3.8, 4) is 11.5 Å². The minimum Gasteiger partial charge on any atom is -0.379 e. The fourth-order valence-corrected chi connectivity index (χ4v) is 3.45. The monoisotopic (exact) mass is 452 g/mol. The first kappa shape index (κ1) is 22.7. The van der Waals surface area contributed by atoms with Crippen molar-refractivity contribution in [3.05, 3.63) is 65.5 Å². The first-order chi connectivity index (χ1) is 15.9. The minimum atomic E-state index is -0.503. The van der Waals surface area contributed by atoms with Crippen LogP contribution in [0.2, 0.25) is 0 Å². The summed E-state index contributed by atoms with van der Waals surface area (Å²) in [5.74, 6) is -0.431. The Hall–Kier alpha value is -3.46. The van der Waals surface area contributed by atoms with Crippen LogP contribution >= 0.6 is 0 Å². The van der Waals surface area contributed by atoms with E-state index in [1.165, 1.54) is 6.07 Å². The number of benzene rings is 1. The topological polar surface area (TPSA) is 77.8 Å². The van der Waals surface area contributed by atoms with Gasteiger partial charge in [-0.2, -0.15) is 5.10 Å². The summed E-state index contributed by atoms with van der Waals surface area (Å²) in [6, 6.07) is 10.2. The molecule has 172 valence electrons. The Balaban J connectivity index is 1.66. The molecule has 3 heterocycles. The number of hydrogen-bond donors (Lipinski definition) is 1. The van der Waals surface area contributed by atoms with Gasteiger partial charge in [-0.05, 0) is 45.4 Å². The fraction of sp³-hybridized carbons (Fsp3) is 0.333. The number of rotatable bonds is 9. The van der Waals surface area contributed by atoms with Crippen LogP contribution in [-0.2, 0) is 11.3 Å². The third-order valence-corrected chi connectivity index (χ3v) is 5.08. The number of hydrogen-bond acceptors (Lipinski definition) is 6. The maximum atomic E-state index is 14.7. The molecule has 0 aliphatic carbocycles. The van der Waals surface area contributed by atoms with E-state index < -0.39 is 5.82 Å². The van der Waals surface area contributed by atoms with E-state index in [-0.39, 0.29) is 35.8 Å². The average Bonchev–Trinajstić information content (AvgIpc) is 3.16. The summed E-state index contributed by atoms with van der Waals surface area (Å²) in [7, 11) is 0. The molecule has 0 unspecified atom stereocenters. The number of ether oxygens (including phenoxy) is 1. The molecule has 0 spiro atoms. The van der Waals surface area contributed by atoms with E-state index in [0.717, 1.165) is 0 Å². The molecular weight excluding hydrogens is 426 g/mol. The van der Waals surface area contributed by atoms with Gasteiger partial charge < -0.3 is 10.1 Å². The predicted molar refractivity (Wildman–Crippen MR) is 123 cm³/mol. The molecule has 7 nitrogen and oxygen atoms in total. The number of anilines is 1. The maximum Gasteiger partial charge on any atom is 0.186 e. The Morgan fingerprint density at radius 2 is 1.91 bits per heavy atom. The van der Waals surface area contributed by atoms with Crippen molar-refractivity contribution in [1.29, 1.82) is 0 Å². The number of nitrogens with zero attached hydrogens (tertiary/aromatic N) is 5. The second-order valence-electron chi connectivity index (χ2n) is 7.97. The summed E-state index contributed by atoms with van der Waals surface area (Å²) >= 11 is 0. The molecule has 4 rings (SSSR count). The van der Waals surface area contributed by atoms with Gasteiger partial charge >= 0.3 is 0 Å². The van der Waals surface area contributed by atoms with E-state index >= 15 is 0 Å². The van der Waals surface area contributed by atoms with Crippen LogP contribution < -0.4 is 5.32 Å². The summed E-state index contributed by atoms with van der Waals surface area (Å²) in [5.41, 5.74) is 1.73. The third kappa shape index (κ3) is 5.14. The molecule has 0 radical (unpaired) electrons. The van der Waals surface area contributed by atoms with Crippen LogP contribution in [0.1, 0.15) is 31.5 Å². The summed E-state index contributed by atoms with van der Waals surface area (Å²) in [6.45, 7) is 6.80. The van der Waals surface area contributed by atoms with Gasteiger partial charge in [-0.1, -0.05) is 18.2 Å². The highest BCUT2D eigenvalue weighted by atomic mass is 19.1. The van der Waals surface area contributed by atoms with Crippen molar-refractivity contribution in [2.24, 2.45) is 0 Å². The van der Waals surface area contributed by atoms with Gasteiger partial charge in [0.25, 0.3) is 0 Å². The van der Waals surface area contributed by atoms with E-state index in [1.54, 1.807) is 42.1 Å². The van der Waals surface area contributed by atoms with E-state index in [9.17, 15) is 8.78 Å². The predicted octanol–water partition coefficient (Wildman–Crippen LogP) is 4.75. The van der Waals surface area contributed by atoms with Crippen molar-refractivity contribution < 1.29 is 13.5 Å². The molecule has 1 N–H and O–H groups in total. The van der Waals surface area contributed by atoms with Gasteiger partial charge in [0.1, 0.15) is 11.5 Å². The van der Waals surface area contributed by atoms with Gasteiger partial charge in [-0.3, -0.25) is 0 Å². The van der Waals surface area contributed by atoms with Gasteiger partial charge in [-0.25, -0.2) is 28.4 Å².